The Labute approximate surface area is 174 Å². The Bertz CT molecular complexity index is 864. The average Bonchev–Trinajstić information content (AvgIpc) is 3.15. The van der Waals surface area contributed by atoms with Gasteiger partial charge >= 0.3 is 0 Å². The highest BCUT2D eigenvalue weighted by atomic mass is 16.1. The van der Waals surface area contributed by atoms with Gasteiger partial charge in [0.25, 0.3) is 5.91 Å². The van der Waals surface area contributed by atoms with Gasteiger partial charge in [0, 0.05) is 36.0 Å². The van der Waals surface area contributed by atoms with Gasteiger partial charge < -0.3 is 10.3 Å². The van der Waals surface area contributed by atoms with E-state index in [9.17, 15) is 4.79 Å². The molecule has 0 unspecified atom stereocenters. The second-order valence-electron chi connectivity index (χ2n) is 8.06. The molecule has 0 radical (unpaired) electrons. The molecule has 2 heterocycles. The standard InChI is InChI=1S/C16H15N3O.C9H18/c20-16(13-4-3-8-17-10-13)18-9-7-12-11-19-15-6-2-1-5-14(12)15;1-9-7-5-3-2-4-6-8-9/h1-6,8,10-11,19H,7,9H2,(H,18,20);9H,2-8H2,1H3. The van der Waals surface area contributed by atoms with E-state index in [0.717, 1.165) is 17.9 Å². The molecule has 1 saturated carbocycles. The van der Waals surface area contributed by atoms with E-state index in [1.165, 1.54) is 55.9 Å². The van der Waals surface area contributed by atoms with Crippen molar-refractivity contribution >= 4 is 16.8 Å². The number of fused-ring (bicyclic) bond motifs is 1. The first-order valence-electron chi connectivity index (χ1n) is 11.0. The number of aromatic amines is 1. The molecule has 2 N–H and O–H groups in total. The van der Waals surface area contributed by atoms with E-state index < -0.39 is 0 Å². The third kappa shape index (κ3) is 6.74. The quantitative estimate of drug-likeness (QED) is 0.581. The van der Waals surface area contributed by atoms with Gasteiger partial charge in [-0.2, -0.15) is 0 Å². The summed E-state index contributed by atoms with van der Waals surface area (Å²) in [6.45, 7) is 3.00. The van der Waals surface area contributed by atoms with E-state index in [1.54, 1.807) is 24.5 Å². The SMILES string of the molecule is CC1CCCCCCC1.O=C(NCCc1c[nH]c2ccccc12)c1cccnc1. The predicted octanol–water partition coefficient (Wildman–Crippen LogP) is 5.90. The highest BCUT2D eigenvalue weighted by Crippen LogP contribution is 2.21. The molecule has 4 nitrogen and oxygen atoms in total. The molecule has 29 heavy (non-hydrogen) atoms. The van der Waals surface area contributed by atoms with E-state index in [0.29, 0.717) is 12.1 Å². The number of benzene rings is 1. The Morgan fingerprint density at radius 3 is 2.59 bits per heavy atom. The van der Waals surface area contributed by atoms with Crippen molar-refractivity contribution in [3.63, 3.8) is 0 Å². The van der Waals surface area contributed by atoms with Crippen LogP contribution in [-0.2, 0) is 6.42 Å². The Balaban J connectivity index is 0.000000224. The van der Waals surface area contributed by atoms with Gasteiger partial charge in [0.2, 0.25) is 0 Å². The zero-order valence-corrected chi connectivity index (χ0v) is 17.5. The van der Waals surface area contributed by atoms with Gasteiger partial charge in [-0.25, -0.2) is 0 Å². The molecule has 4 heteroatoms. The first kappa shape index (κ1) is 21.1. The van der Waals surface area contributed by atoms with E-state index in [2.05, 4.69) is 28.3 Å². The third-order valence-corrected chi connectivity index (χ3v) is 5.67. The number of para-hydroxylation sites is 1. The molecule has 4 rings (SSSR count). The molecule has 3 aromatic rings. The van der Waals surface area contributed by atoms with Crippen LogP contribution in [0.25, 0.3) is 10.9 Å². The fourth-order valence-electron chi connectivity index (χ4n) is 3.91. The van der Waals surface area contributed by atoms with E-state index in [-0.39, 0.29) is 5.91 Å². The number of rotatable bonds is 4. The molecule has 154 valence electrons. The lowest BCUT2D eigenvalue weighted by Gasteiger charge is -2.13. The van der Waals surface area contributed by atoms with E-state index in [1.807, 2.05) is 24.4 Å². The van der Waals surface area contributed by atoms with Crippen molar-refractivity contribution in [2.75, 3.05) is 6.54 Å². The molecule has 1 aliphatic carbocycles. The lowest BCUT2D eigenvalue weighted by Crippen LogP contribution is -2.25. The minimum absolute atomic E-state index is 0.0852. The van der Waals surface area contributed by atoms with Gasteiger partial charge in [-0.15, -0.1) is 0 Å². The molecule has 1 aromatic carbocycles. The summed E-state index contributed by atoms with van der Waals surface area (Å²) in [4.78, 5) is 19.1. The molecule has 0 bridgehead atoms. The van der Waals surface area contributed by atoms with Crippen LogP contribution in [0.5, 0.6) is 0 Å². The lowest BCUT2D eigenvalue weighted by molar-refractivity contribution is 0.0954. The minimum Gasteiger partial charge on any atom is -0.361 e. The largest absolute Gasteiger partial charge is 0.361 e. The maximum absolute atomic E-state index is 11.9. The van der Waals surface area contributed by atoms with Crippen molar-refractivity contribution in [3.05, 3.63) is 66.1 Å². The summed E-state index contributed by atoms with van der Waals surface area (Å²) in [6.07, 6.45) is 16.4. The number of amides is 1. The number of H-pyrrole nitrogens is 1. The van der Waals surface area contributed by atoms with Crippen molar-refractivity contribution in [2.45, 2.75) is 58.3 Å². The van der Waals surface area contributed by atoms with Crippen molar-refractivity contribution in [1.82, 2.24) is 15.3 Å². The van der Waals surface area contributed by atoms with Gasteiger partial charge in [-0.1, -0.05) is 70.1 Å². The topological polar surface area (TPSA) is 57.8 Å². The van der Waals surface area contributed by atoms with Crippen LogP contribution in [0, 0.1) is 5.92 Å². The summed E-state index contributed by atoms with van der Waals surface area (Å²) in [5, 5.41) is 4.12. The van der Waals surface area contributed by atoms with Crippen LogP contribution < -0.4 is 5.32 Å². The van der Waals surface area contributed by atoms with Crippen molar-refractivity contribution in [3.8, 4) is 0 Å². The normalized spacial score (nSPS) is 15.1. The van der Waals surface area contributed by atoms with Crippen LogP contribution in [0.4, 0.5) is 0 Å². The summed E-state index contributed by atoms with van der Waals surface area (Å²) in [7, 11) is 0. The Morgan fingerprint density at radius 1 is 1.07 bits per heavy atom. The second-order valence-corrected chi connectivity index (χ2v) is 8.06. The highest BCUT2D eigenvalue weighted by Gasteiger charge is 2.06. The van der Waals surface area contributed by atoms with E-state index in [4.69, 9.17) is 0 Å². The molecule has 0 saturated heterocycles. The smallest absolute Gasteiger partial charge is 0.252 e. The number of aromatic nitrogens is 2. The summed E-state index contributed by atoms with van der Waals surface area (Å²) >= 11 is 0. The number of carbonyl (C=O) groups is 1. The van der Waals surface area contributed by atoms with Gasteiger partial charge in [0.1, 0.15) is 0 Å². The molecule has 0 aliphatic heterocycles. The number of pyridine rings is 1. The zero-order chi connectivity index (χ0) is 20.3. The molecule has 0 spiro atoms. The highest BCUT2D eigenvalue weighted by molar-refractivity contribution is 5.93. The van der Waals surface area contributed by atoms with Crippen molar-refractivity contribution in [2.24, 2.45) is 5.92 Å². The Morgan fingerprint density at radius 2 is 1.83 bits per heavy atom. The summed E-state index contributed by atoms with van der Waals surface area (Å²) in [5.41, 5.74) is 2.93. The molecule has 1 fully saturated rings. The second kappa shape index (κ2) is 11.4. The lowest BCUT2D eigenvalue weighted by atomic mass is 9.93. The summed E-state index contributed by atoms with van der Waals surface area (Å²) in [6, 6.07) is 11.7. The molecule has 2 aromatic heterocycles. The Kier molecular flexibility index (Phi) is 8.29. The van der Waals surface area contributed by atoms with Gasteiger partial charge in [-0.05, 0) is 36.1 Å². The average molecular weight is 392 g/mol. The zero-order valence-electron chi connectivity index (χ0n) is 17.5. The van der Waals surface area contributed by atoms with Crippen LogP contribution in [0.3, 0.4) is 0 Å². The third-order valence-electron chi connectivity index (χ3n) is 5.67. The molecular weight excluding hydrogens is 358 g/mol. The van der Waals surface area contributed by atoms with Crippen LogP contribution >= 0.6 is 0 Å². The molecule has 1 amide bonds. The first-order valence-corrected chi connectivity index (χ1v) is 11.0. The number of nitrogens with zero attached hydrogens (tertiary/aromatic N) is 1. The van der Waals surface area contributed by atoms with Gasteiger partial charge in [-0.3, -0.25) is 9.78 Å². The number of carbonyl (C=O) groups excluding carboxylic acids is 1. The summed E-state index contributed by atoms with van der Waals surface area (Å²) < 4.78 is 0. The van der Waals surface area contributed by atoms with Crippen molar-refractivity contribution < 1.29 is 4.79 Å². The van der Waals surface area contributed by atoms with Crippen LogP contribution in [-0.4, -0.2) is 22.4 Å². The van der Waals surface area contributed by atoms with Crippen LogP contribution in [0.15, 0.2) is 55.0 Å². The van der Waals surface area contributed by atoms with E-state index >= 15 is 0 Å². The fraction of sp³-hybridized carbons (Fsp3) is 0.440. The van der Waals surface area contributed by atoms with Crippen LogP contribution in [0.1, 0.15) is 67.8 Å². The summed E-state index contributed by atoms with van der Waals surface area (Å²) in [5.74, 6) is 0.934. The predicted molar refractivity (Wildman–Crippen MR) is 120 cm³/mol. The number of hydrogen-bond donors (Lipinski definition) is 2. The molecule has 0 atom stereocenters. The molecular formula is C25H33N3O. The van der Waals surface area contributed by atoms with Crippen LogP contribution in [0.2, 0.25) is 0 Å². The monoisotopic (exact) mass is 391 g/mol. The Hall–Kier alpha value is -2.62. The molecule has 1 aliphatic rings. The minimum atomic E-state index is -0.0852. The maximum Gasteiger partial charge on any atom is 0.252 e. The van der Waals surface area contributed by atoms with Gasteiger partial charge in [0.05, 0.1) is 5.56 Å². The number of nitrogens with one attached hydrogen (secondary N) is 2. The first-order chi connectivity index (χ1) is 14.2. The fourth-order valence-corrected chi connectivity index (χ4v) is 3.91. The van der Waals surface area contributed by atoms with Gasteiger partial charge in [0.15, 0.2) is 0 Å². The van der Waals surface area contributed by atoms with Crippen molar-refractivity contribution in [1.29, 1.82) is 0 Å². The maximum atomic E-state index is 11.9. The number of hydrogen-bond acceptors (Lipinski definition) is 2.